The molecule has 0 bridgehead atoms. The number of halogens is 4. The average molecular weight is 358 g/mol. The summed E-state index contributed by atoms with van der Waals surface area (Å²) in [7, 11) is 2.93. The lowest BCUT2D eigenvalue weighted by atomic mass is 9.63. The second-order valence-electron chi connectivity index (χ2n) is 6.91. The molecule has 3 aliphatic rings. The first-order valence-electron chi connectivity index (χ1n) is 7.79. The smallest absolute Gasteiger partial charge is 0.309 e. The predicted molar refractivity (Wildman–Crippen MR) is 80.1 cm³/mol. The normalized spacial score (nSPS) is 36.7. The summed E-state index contributed by atoms with van der Waals surface area (Å²) in [6, 6.07) is 1.83. The number of hydrogen-bond donors (Lipinski definition) is 1. The summed E-state index contributed by atoms with van der Waals surface area (Å²) < 4.78 is 59.5. The van der Waals surface area contributed by atoms with Gasteiger partial charge in [0.2, 0.25) is 5.91 Å². The van der Waals surface area contributed by atoms with Gasteiger partial charge in [0.1, 0.15) is 35.8 Å². The molecule has 1 spiro atoms. The van der Waals surface area contributed by atoms with Crippen LogP contribution in [-0.4, -0.2) is 50.0 Å². The third kappa shape index (κ3) is 1.65. The van der Waals surface area contributed by atoms with Crippen LogP contribution in [0, 0.1) is 23.0 Å². The Hall–Kier alpha value is -2.00. The summed E-state index contributed by atoms with van der Waals surface area (Å²) in [5.74, 6) is -3.31. The first-order valence-corrected chi connectivity index (χ1v) is 7.79. The van der Waals surface area contributed by atoms with Gasteiger partial charge in [0.05, 0.1) is 7.05 Å². The van der Waals surface area contributed by atoms with E-state index in [1.165, 1.54) is 7.05 Å². The van der Waals surface area contributed by atoms with Crippen LogP contribution in [0.25, 0.3) is 0 Å². The Morgan fingerprint density at radius 1 is 1.40 bits per heavy atom. The Bertz CT molecular complexity index is 817. The standard InChI is InChI=1S/C16H16F4N3O2/c1-22-14(24)8-5-11(13(19)20)25-6-16(8)12-9(18)3-7(17)4-10(12)23(16,2)15(22)21/h3-4,8,11,13,21H,5-6H2,1-2H3/q+1/t8-,11+,16-,23?/m0/s1. The van der Waals surface area contributed by atoms with Gasteiger partial charge in [-0.3, -0.25) is 9.69 Å². The van der Waals surface area contributed by atoms with Gasteiger partial charge in [0, 0.05) is 19.2 Å². The lowest BCUT2D eigenvalue weighted by molar-refractivity contribution is -0.182. The summed E-state index contributed by atoms with van der Waals surface area (Å²) in [4.78, 5) is 13.8. The molecule has 1 aromatic carbocycles. The second kappa shape index (κ2) is 4.79. The maximum Gasteiger partial charge on any atom is 0.309 e. The molecule has 1 N–H and O–H groups in total. The van der Waals surface area contributed by atoms with Gasteiger partial charge >= 0.3 is 5.96 Å². The zero-order valence-corrected chi connectivity index (χ0v) is 13.5. The van der Waals surface area contributed by atoms with E-state index in [-0.39, 0.29) is 34.7 Å². The number of nitrogens with one attached hydrogen (secondary N) is 1. The highest BCUT2D eigenvalue weighted by molar-refractivity contribution is 6.09. The van der Waals surface area contributed by atoms with Gasteiger partial charge in [-0.1, -0.05) is 0 Å². The van der Waals surface area contributed by atoms with E-state index >= 15 is 0 Å². The van der Waals surface area contributed by atoms with Crippen molar-refractivity contribution < 1.29 is 27.1 Å². The number of nitrogens with zero attached hydrogens (tertiary/aromatic N) is 2. The minimum atomic E-state index is -2.77. The number of fused-ring (bicyclic) bond motifs is 2. The Morgan fingerprint density at radius 2 is 2.08 bits per heavy atom. The quantitative estimate of drug-likeness (QED) is 0.618. The third-order valence-electron chi connectivity index (χ3n) is 5.96. The lowest BCUT2D eigenvalue weighted by Crippen LogP contribution is -2.84. The van der Waals surface area contributed by atoms with E-state index in [0.29, 0.717) is 6.07 Å². The van der Waals surface area contributed by atoms with Crippen LogP contribution in [-0.2, 0) is 15.1 Å². The molecule has 5 nitrogen and oxygen atoms in total. The number of hydrogen-bond acceptors (Lipinski definition) is 3. The molecule has 1 aromatic rings. The van der Waals surface area contributed by atoms with Crippen LogP contribution < -0.4 is 4.48 Å². The first kappa shape index (κ1) is 16.5. The number of guanidine groups is 1. The fraction of sp³-hybridized carbons (Fsp3) is 0.500. The van der Waals surface area contributed by atoms with E-state index < -0.39 is 41.5 Å². The Kier molecular flexibility index (Phi) is 3.16. The highest BCUT2D eigenvalue weighted by Gasteiger charge is 2.77. The largest absolute Gasteiger partial charge is 0.365 e. The molecule has 0 radical (unpaired) electrons. The lowest BCUT2D eigenvalue weighted by Gasteiger charge is -2.64. The summed E-state index contributed by atoms with van der Waals surface area (Å²) >= 11 is 0. The molecule has 2 fully saturated rings. The fourth-order valence-electron chi connectivity index (χ4n) is 4.67. The summed E-state index contributed by atoms with van der Waals surface area (Å²) in [5.41, 5.74) is -1.02. The highest BCUT2D eigenvalue weighted by atomic mass is 19.3. The Balaban J connectivity index is 1.96. The molecular weight excluding hydrogens is 342 g/mol. The maximum atomic E-state index is 14.6. The number of rotatable bonds is 1. The molecule has 0 aliphatic carbocycles. The van der Waals surface area contributed by atoms with Crippen molar-refractivity contribution in [2.24, 2.45) is 5.92 Å². The van der Waals surface area contributed by atoms with Crippen molar-refractivity contribution in [3.63, 3.8) is 0 Å². The Labute approximate surface area is 140 Å². The molecule has 9 heteroatoms. The van der Waals surface area contributed by atoms with Crippen molar-refractivity contribution in [3.8, 4) is 0 Å². The molecule has 134 valence electrons. The zero-order valence-electron chi connectivity index (χ0n) is 13.5. The van der Waals surface area contributed by atoms with Crippen LogP contribution in [0.1, 0.15) is 12.0 Å². The van der Waals surface area contributed by atoms with Crippen molar-refractivity contribution >= 4 is 17.6 Å². The molecule has 1 unspecified atom stereocenters. The minimum absolute atomic E-state index is 0.0836. The number of quaternary nitrogens is 1. The minimum Gasteiger partial charge on any atom is -0.365 e. The molecule has 4 rings (SSSR count). The molecule has 3 aliphatic heterocycles. The van der Waals surface area contributed by atoms with E-state index in [9.17, 15) is 22.4 Å². The average Bonchev–Trinajstić information content (AvgIpc) is 2.57. The van der Waals surface area contributed by atoms with E-state index in [2.05, 4.69) is 0 Å². The van der Waals surface area contributed by atoms with Gasteiger partial charge < -0.3 is 4.74 Å². The number of ether oxygens (including phenoxy) is 1. The van der Waals surface area contributed by atoms with Gasteiger partial charge in [-0.2, -0.15) is 0 Å². The van der Waals surface area contributed by atoms with Crippen LogP contribution in [0.3, 0.4) is 0 Å². The fourth-order valence-corrected chi connectivity index (χ4v) is 4.67. The Morgan fingerprint density at radius 3 is 2.72 bits per heavy atom. The summed E-state index contributed by atoms with van der Waals surface area (Å²) in [5, 5.41) is 8.36. The SMILES string of the molecule is CN1C(=N)[N+]2(C)c3cc(F)cc(F)c3[C@@]23CO[C@@H](C(F)F)C[C@H]3C1=O. The van der Waals surface area contributed by atoms with Crippen LogP contribution in [0.4, 0.5) is 23.2 Å². The van der Waals surface area contributed by atoms with E-state index in [0.717, 1.165) is 11.0 Å². The number of carbonyl (C=O) groups excluding carboxylic acids is 1. The van der Waals surface area contributed by atoms with Gasteiger partial charge in [0.25, 0.3) is 6.43 Å². The molecule has 0 saturated carbocycles. The molecule has 3 heterocycles. The van der Waals surface area contributed by atoms with Crippen LogP contribution >= 0.6 is 0 Å². The summed E-state index contributed by atoms with van der Waals surface area (Å²) in [6.45, 7) is -0.333. The second-order valence-corrected chi connectivity index (χ2v) is 6.91. The zero-order chi connectivity index (χ0) is 18.3. The topological polar surface area (TPSA) is 53.4 Å². The number of benzene rings is 1. The molecular formula is C16H16F4N3O2+. The highest BCUT2D eigenvalue weighted by Crippen LogP contribution is 2.63. The van der Waals surface area contributed by atoms with Gasteiger partial charge in [-0.05, 0) is 6.42 Å². The van der Waals surface area contributed by atoms with E-state index in [1.807, 2.05) is 0 Å². The van der Waals surface area contributed by atoms with Crippen molar-refractivity contribution in [3.05, 3.63) is 29.3 Å². The summed E-state index contributed by atoms with van der Waals surface area (Å²) in [6.07, 6.45) is -4.48. The molecule has 1 amide bonds. The predicted octanol–water partition coefficient (Wildman–Crippen LogP) is 2.19. The molecule has 0 aromatic heterocycles. The number of amides is 1. The van der Waals surface area contributed by atoms with Gasteiger partial charge in [-0.15, -0.1) is 0 Å². The van der Waals surface area contributed by atoms with Crippen molar-refractivity contribution in [2.75, 3.05) is 20.7 Å². The number of likely N-dealkylation sites (N-methyl/N-ethyl adjacent to an activating group) is 1. The van der Waals surface area contributed by atoms with Crippen LogP contribution in [0.5, 0.6) is 0 Å². The van der Waals surface area contributed by atoms with Crippen molar-refractivity contribution in [1.29, 1.82) is 5.41 Å². The van der Waals surface area contributed by atoms with Crippen LogP contribution in [0.2, 0.25) is 0 Å². The van der Waals surface area contributed by atoms with Gasteiger partial charge in [0.15, 0.2) is 11.2 Å². The van der Waals surface area contributed by atoms with Crippen LogP contribution in [0.15, 0.2) is 12.1 Å². The number of carbonyl (C=O) groups is 1. The molecule has 25 heavy (non-hydrogen) atoms. The van der Waals surface area contributed by atoms with E-state index in [4.69, 9.17) is 10.1 Å². The maximum absolute atomic E-state index is 14.6. The van der Waals surface area contributed by atoms with Crippen molar-refractivity contribution in [1.82, 2.24) is 9.38 Å². The first-order chi connectivity index (χ1) is 11.7. The van der Waals surface area contributed by atoms with E-state index in [1.54, 1.807) is 7.05 Å². The van der Waals surface area contributed by atoms with Crippen molar-refractivity contribution in [2.45, 2.75) is 24.5 Å². The molecule has 2 saturated heterocycles. The van der Waals surface area contributed by atoms with Gasteiger partial charge in [-0.25, -0.2) is 27.5 Å². The third-order valence-corrected chi connectivity index (χ3v) is 5.96. The number of alkyl halides is 2. The molecule has 4 atom stereocenters. The monoisotopic (exact) mass is 358 g/mol.